The zero-order chi connectivity index (χ0) is 16.6. The van der Waals surface area contributed by atoms with Gasteiger partial charge in [0, 0.05) is 11.1 Å². The number of ether oxygens (including phenoxy) is 1. The maximum absolute atomic E-state index is 12.9. The summed E-state index contributed by atoms with van der Waals surface area (Å²) in [5.41, 5.74) is 1.26. The standard InChI is InChI=1S/C18H20N2O3/c1-18(2)16(13-7-5-4-6-8-13)19(21)17(20(18)22)14-9-11-15(23-3)12-10-14/h4-12,17,22H,1-3H3/t17-/m1/s1. The quantitative estimate of drug-likeness (QED) is 0.698. The van der Waals surface area contributed by atoms with E-state index in [0.717, 1.165) is 15.4 Å². The highest BCUT2D eigenvalue weighted by atomic mass is 16.5. The van der Waals surface area contributed by atoms with E-state index in [1.165, 1.54) is 0 Å². The van der Waals surface area contributed by atoms with Crippen molar-refractivity contribution in [1.29, 1.82) is 0 Å². The van der Waals surface area contributed by atoms with Crippen LogP contribution in [0.4, 0.5) is 0 Å². The van der Waals surface area contributed by atoms with Gasteiger partial charge in [-0.3, -0.25) is 0 Å². The van der Waals surface area contributed by atoms with E-state index in [1.54, 1.807) is 31.4 Å². The maximum Gasteiger partial charge on any atom is 0.268 e. The Morgan fingerprint density at radius 2 is 1.70 bits per heavy atom. The molecular formula is C18H20N2O3. The third kappa shape index (κ3) is 2.48. The van der Waals surface area contributed by atoms with E-state index in [1.807, 2.05) is 44.2 Å². The zero-order valence-electron chi connectivity index (χ0n) is 13.4. The first-order valence-electron chi connectivity index (χ1n) is 7.48. The fraction of sp³-hybridized carbons (Fsp3) is 0.278. The van der Waals surface area contributed by atoms with Gasteiger partial charge in [0.05, 0.1) is 7.11 Å². The smallest absolute Gasteiger partial charge is 0.268 e. The molecule has 0 unspecified atom stereocenters. The van der Waals surface area contributed by atoms with Crippen LogP contribution in [0.15, 0.2) is 54.6 Å². The molecule has 0 spiro atoms. The first-order chi connectivity index (χ1) is 11.0. The molecule has 0 radical (unpaired) electrons. The van der Waals surface area contributed by atoms with Gasteiger partial charge in [0.2, 0.25) is 5.71 Å². The van der Waals surface area contributed by atoms with Crippen molar-refractivity contribution in [2.24, 2.45) is 0 Å². The van der Waals surface area contributed by atoms with Crippen molar-refractivity contribution in [3.05, 3.63) is 70.9 Å². The van der Waals surface area contributed by atoms with Gasteiger partial charge in [-0.1, -0.05) is 18.2 Å². The SMILES string of the molecule is COc1ccc([C@H]2N(O)C(C)(C)C(c3ccccc3)=[N+]2[O-])cc1. The van der Waals surface area contributed by atoms with Crippen molar-refractivity contribution in [2.45, 2.75) is 25.6 Å². The van der Waals surface area contributed by atoms with Gasteiger partial charge in [-0.05, 0) is 50.2 Å². The van der Waals surface area contributed by atoms with Crippen molar-refractivity contribution < 1.29 is 14.7 Å². The molecule has 2 aromatic carbocycles. The number of nitrogens with zero attached hydrogens (tertiary/aromatic N) is 2. The Morgan fingerprint density at radius 3 is 2.26 bits per heavy atom. The normalized spacial score (nSPS) is 20.8. The summed E-state index contributed by atoms with van der Waals surface area (Å²) in [5, 5.41) is 24.7. The lowest BCUT2D eigenvalue weighted by Crippen LogP contribution is -2.44. The van der Waals surface area contributed by atoms with Gasteiger partial charge >= 0.3 is 0 Å². The Kier molecular flexibility index (Phi) is 3.83. The van der Waals surface area contributed by atoms with Gasteiger partial charge < -0.3 is 15.2 Å². The minimum Gasteiger partial charge on any atom is -0.622 e. The third-order valence-corrected chi connectivity index (χ3v) is 4.29. The van der Waals surface area contributed by atoms with Crippen LogP contribution >= 0.6 is 0 Å². The molecule has 2 aromatic rings. The van der Waals surface area contributed by atoms with Crippen LogP contribution in [0.5, 0.6) is 5.75 Å². The summed E-state index contributed by atoms with van der Waals surface area (Å²) < 4.78 is 6.03. The van der Waals surface area contributed by atoms with Crippen molar-refractivity contribution in [3.63, 3.8) is 0 Å². The van der Waals surface area contributed by atoms with Crippen molar-refractivity contribution >= 4 is 5.71 Å². The number of hydrogen-bond acceptors (Lipinski definition) is 4. The van der Waals surface area contributed by atoms with Crippen LogP contribution in [-0.4, -0.2) is 33.4 Å². The van der Waals surface area contributed by atoms with Gasteiger partial charge in [0.1, 0.15) is 11.3 Å². The van der Waals surface area contributed by atoms with E-state index in [9.17, 15) is 10.4 Å². The van der Waals surface area contributed by atoms with Gasteiger partial charge in [0.15, 0.2) is 0 Å². The topological polar surface area (TPSA) is 58.8 Å². The summed E-state index contributed by atoms with van der Waals surface area (Å²) >= 11 is 0. The molecule has 120 valence electrons. The lowest BCUT2D eigenvalue weighted by Gasteiger charge is -2.25. The lowest BCUT2D eigenvalue weighted by molar-refractivity contribution is -0.544. The first-order valence-corrected chi connectivity index (χ1v) is 7.48. The first kappa shape index (κ1) is 15.5. The van der Waals surface area contributed by atoms with Crippen molar-refractivity contribution in [3.8, 4) is 5.75 Å². The number of hydroxylamine groups is 3. The molecule has 3 rings (SSSR count). The van der Waals surface area contributed by atoms with Crippen LogP contribution in [0.2, 0.25) is 0 Å². The Bertz CT molecular complexity index is 724. The highest BCUT2D eigenvalue weighted by Gasteiger charge is 2.52. The molecule has 1 N–H and O–H groups in total. The summed E-state index contributed by atoms with van der Waals surface area (Å²) in [6, 6.07) is 16.6. The average molecular weight is 312 g/mol. The third-order valence-electron chi connectivity index (χ3n) is 4.29. The number of rotatable bonds is 3. The summed E-state index contributed by atoms with van der Waals surface area (Å²) in [7, 11) is 1.59. The summed E-state index contributed by atoms with van der Waals surface area (Å²) in [4.78, 5) is 0. The molecule has 0 fully saturated rings. The van der Waals surface area contributed by atoms with Gasteiger partial charge in [-0.2, -0.15) is 4.74 Å². The predicted molar refractivity (Wildman–Crippen MR) is 87.6 cm³/mol. The number of benzene rings is 2. The molecule has 1 atom stereocenters. The molecular weight excluding hydrogens is 292 g/mol. The largest absolute Gasteiger partial charge is 0.622 e. The molecule has 1 aliphatic rings. The zero-order valence-corrected chi connectivity index (χ0v) is 13.4. The molecule has 0 bridgehead atoms. The van der Waals surface area contributed by atoms with Crippen LogP contribution < -0.4 is 4.74 Å². The monoisotopic (exact) mass is 312 g/mol. The van der Waals surface area contributed by atoms with Crippen LogP contribution in [0.3, 0.4) is 0 Å². The van der Waals surface area contributed by atoms with Crippen molar-refractivity contribution in [1.82, 2.24) is 5.06 Å². The molecule has 1 heterocycles. The van der Waals surface area contributed by atoms with Crippen LogP contribution in [-0.2, 0) is 0 Å². The molecule has 0 aromatic heterocycles. The van der Waals surface area contributed by atoms with Crippen LogP contribution in [0.25, 0.3) is 0 Å². The minimum atomic E-state index is -0.798. The number of hydrogen-bond donors (Lipinski definition) is 1. The summed E-state index contributed by atoms with van der Waals surface area (Å²) in [6.07, 6.45) is -0.786. The van der Waals surface area contributed by atoms with E-state index in [0.29, 0.717) is 17.0 Å². The Hall–Kier alpha value is -2.37. The van der Waals surface area contributed by atoms with Gasteiger partial charge in [-0.15, -0.1) is 5.06 Å². The average Bonchev–Trinajstić information content (AvgIpc) is 2.74. The van der Waals surface area contributed by atoms with Crippen LogP contribution in [0, 0.1) is 5.21 Å². The van der Waals surface area contributed by atoms with Gasteiger partial charge in [0.25, 0.3) is 6.17 Å². The second-order valence-corrected chi connectivity index (χ2v) is 6.09. The fourth-order valence-electron chi connectivity index (χ4n) is 3.03. The predicted octanol–water partition coefficient (Wildman–Crippen LogP) is 3.18. The molecule has 0 aliphatic carbocycles. The van der Waals surface area contributed by atoms with Crippen LogP contribution in [0.1, 0.15) is 31.1 Å². The molecule has 0 amide bonds. The van der Waals surface area contributed by atoms with E-state index in [2.05, 4.69) is 0 Å². The number of methoxy groups -OCH3 is 1. The Balaban J connectivity index is 2.09. The van der Waals surface area contributed by atoms with E-state index < -0.39 is 11.7 Å². The summed E-state index contributed by atoms with van der Waals surface area (Å²) in [6.45, 7) is 3.67. The Morgan fingerprint density at radius 1 is 1.09 bits per heavy atom. The molecule has 1 aliphatic heterocycles. The lowest BCUT2D eigenvalue weighted by atomic mass is 9.93. The summed E-state index contributed by atoms with van der Waals surface area (Å²) in [5.74, 6) is 0.709. The fourth-order valence-corrected chi connectivity index (χ4v) is 3.03. The highest BCUT2D eigenvalue weighted by molar-refractivity contribution is 6.04. The Labute approximate surface area is 135 Å². The molecule has 0 saturated carbocycles. The van der Waals surface area contributed by atoms with E-state index >= 15 is 0 Å². The minimum absolute atomic E-state index is 0.543. The van der Waals surface area contributed by atoms with Crippen molar-refractivity contribution in [2.75, 3.05) is 7.11 Å². The molecule has 23 heavy (non-hydrogen) atoms. The molecule has 5 heteroatoms. The maximum atomic E-state index is 12.9. The van der Waals surface area contributed by atoms with E-state index in [4.69, 9.17) is 4.74 Å². The second kappa shape index (κ2) is 5.68. The van der Waals surface area contributed by atoms with Gasteiger partial charge in [-0.25, -0.2) is 0 Å². The molecule has 5 nitrogen and oxygen atoms in total. The van der Waals surface area contributed by atoms with E-state index in [-0.39, 0.29) is 0 Å². The highest BCUT2D eigenvalue weighted by Crippen LogP contribution is 2.37. The molecule has 0 saturated heterocycles. The second-order valence-electron chi connectivity index (χ2n) is 6.09.